The van der Waals surface area contributed by atoms with Crippen molar-refractivity contribution >= 4 is 11.6 Å². The van der Waals surface area contributed by atoms with Crippen molar-refractivity contribution in [3.63, 3.8) is 0 Å². The summed E-state index contributed by atoms with van der Waals surface area (Å²) in [5.41, 5.74) is 1.86. The van der Waals surface area contributed by atoms with Crippen molar-refractivity contribution in [3.05, 3.63) is 29.7 Å². The average molecular weight is 233 g/mol. The number of fused-ring (bicyclic) bond motifs is 1. The third kappa shape index (κ3) is 2.13. The first-order valence-corrected chi connectivity index (χ1v) is 5.61. The predicted octanol–water partition coefficient (Wildman–Crippen LogP) is 1.70. The van der Waals surface area contributed by atoms with E-state index in [1.165, 1.54) is 0 Å². The summed E-state index contributed by atoms with van der Waals surface area (Å²) >= 11 is 0. The minimum atomic E-state index is -0.410. The number of pyridine rings is 1. The number of carbonyl (C=O) groups is 1. The molecule has 1 unspecified atom stereocenters. The number of nitrogens with zero attached hydrogens (tertiary/aromatic N) is 3. The Morgan fingerprint density at radius 1 is 1.53 bits per heavy atom. The molecule has 0 saturated heterocycles. The largest absolute Gasteiger partial charge is 0.465 e. The lowest BCUT2D eigenvalue weighted by Gasteiger charge is -2.08. The second kappa shape index (κ2) is 4.53. The van der Waals surface area contributed by atoms with Gasteiger partial charge >= 0.3 is 5.97 Å². The van der Waals surface area contributed by atoms with Gasteiger partial charge in [-0.15, -0.1) is 10.2 Å². The summed E-state index contributed by atoms with van der Waals surface area (Å²) < 4.78 is 6.79. The van der Waals surface area contributed by atoms with E-state index in [0.717, 1.165) is 11.2 Å². The van der Waals surface area contributed by atoms with Gasteiger partial charge in [0.15, 0.2) is 11.5 Å². The first kappa shape index (κ1) is 11.6. The molecule has 17 heavy (non-hydrogen) atoms. The molecule has 2 aromatic heterocycles. The van der Waals surface area contributed by atoms with Crippen molar-refractivity contribution in [2.24, 2.45) is 0 Å². The van der Waals surface area contributed by atoms with Gasteiger partial charge in [-0.3, -0.25) is 9.20 Å². The molecule has 0 bridgehead atoms. The highest BCUT2D eigenvalue weighted by Crippen LogP contribution is 2.16. The van der Waals surface area contributed by atoms with E-state index in [0.29, 0.717) is 12.4 Å². The van der Waals surface area contributed by atoms with Gasteiger partial charge in [-0.05, 0) is 38.5 Å². The zero-order chi connectivity index (χ0) is 12.4. The molecule has 0 spiro atoms. The zero-order valence-electron chi connectivity index (χ0n) is 10.2. The molecular weight excluding hydrogens is 218 g/mol. The molecule has 0 aliphatic rings. The van der Waals surface area contributed by atoms with E-state index in [1.807, 2.05) is 29.7 Å². The Hall–Kier alpha value is -1.91. The highest BCUT2D eigenvalue weighted by molar-refractivity contribution is 5.76. The molecule has 2 aromatic rings. The van der Waals surface area contributed by atoms with Gasteiger partial charge in [0.1, 0.15) is 5.92 Å². The van der Waals surface area contributed by atoms with Crippen LogP contribution in [-0.2, 0) is 9.53 Å². The number of aryl methyl sites for hydroxylation is 1. The molecular formula is C12H15N3O2. The maximum atomic E-state index is 11.6. The van der Waals surface area contributed by atoms with Crippen LogP contribution < -0.4 is 0 Å². The zero-order valence-corrected chi connectivity index (χ0v) is 10.2. The van der Waals surface area contributed by atoms with Crippen LogP contribution in [0.5, 0.6) is 0 Å². The Morgan fingerprint density at radius 3 is 3.00 bits per heavy atom. The van der Waals surface area contributed by atoms with E-state index in [9.17, 15) is 4.79 Å². The lowest BCUT2D eigenvalue weighted by Crippen LogP contribution is -2.15. The molecule has 2 heterocycles. The van der Waals surface area contributed by atoms with Gasteiger partial charge in [0.2, 0.25) is 0 Å². The van der Waals surface area contributed by atoms with Crippen molar-refractivity contribution in [2.75, 3.05) is 6.61 Å². The van der Waals surface area contributed by atoms with Crippen molar-refractivity contribution in [3.8, 4) is 0 Å². The molecule has 90 valence electrons. The highest BCUT2D eigenvalue weighted by atomic mass is 16.5. The quantitative estimate of drug-likeness (QED) is 0.757. The molecule has 0 aliphatic carbocycles. The summed E-state index contributed by atoms with van der Waals surface area (Å²) in [4.78, 5) is 11.6. The van der Waals surface area contributed by atoms with Gasteiger partial charge < -0.3 is 4.74 Å². The van der Waals surface area contributed by atoms with Gasteiger partial charge in [0.25, 0.3) is 0 Å². The smallest absolute Gasteiger partial charge is 0.316 e. The standard InChI is InChI=1S/C12H15N3O2/c1-4-17-12(16)9(3)11-14-13-10-7-8(2)5-6-15(10)11/h5-7,9H,4H2,1-3H3. The van der Waals surface area contributed by atoms with Gasteiger partial charge in [0.05, 0.1) is 6.61 Å². The molecule has 5 heteroatoms. The maximum absolute atomic E-state index is 11.6. The minimum Gasteiger partial charge on any atom is -0.465 e. The topological polar surface area (TPSA) is 56.5 Å². The van der Waals surface area contributed by atoms with Crippen molar-refractivity contribution in [1.82, 2.24) is 14.6 Å². The molecule has 0 radical (unpaired) electrons. The Labute approximate surface area is 99.4 Å². The normalized spacial score (nSPS) is 12.6. The number of ether oxygens (including phenoxy) is 1. The molecule has 5 nitrogen and oxygen atoms in total. The van der Waals surface area contributed by atoms with E-state index in [4.69, 9.17) is 4.74 Å². The molecule has 0 saturated carbocycles. The lowest BCUT2D eigenvalue weighted by atomic mass is 10.1. The summed E-state index contributed by atoms with van der Waals surface area (Å²) in [6, 6.07) is 3.88. The fourth-order valence-corrected chi connectivity index (χ4v) is 1.68. The van der Waals surface area contributed by atoms with E-state index >= 15 is 0 Å². The van der Waals surface area contributed by atoms with Crippen LogP contribution in [0.3, 0.4) is 0 Å². The second-order valence-electron chi connectivity index (χ2n) is 3.96. The Morgan fingerprint density at radius 2 is 2.29 bits per heavy atom. The van der Waals surface area contributed by atoms with E-state index in [2.05, 4.69) is 10.2 Å². The van der Waals surface area contributed by atoms with Crippen LogP contribution in [0, 0.1) is 6.92 Å². The first-order chi connectivity index (χ1) is 8.13. The van der Waals surface area contributed by atoms with Crippen LogP contribution in [-0.4, -0.2) is 27.2 Å². The van der Waals surface area contributed by atoms with Gasteiger partial charge in [-0.25, -0.2) is 0 Å². The van der Waals surface area contributed by atoms with Crippen LogP contribution in [0.2, 0.25) is 0 Å². The summed E-state index contributed by atoms with van der Waals surface area (Å²) in [5.74, 6) is -0.0755. The molecule has 2 rings (SSSR count). The summed E-state index contributed by atoms with van der Waals surface area (Å²) in [6.45, 7) is 5.92. The van der Waals surface area contributed by atoms with Crippen molar-refractivity contribution < 1.29 is 9.53 Å². The van der Waals surface area contributed by atoms with Crippen LogP contribution in [0.1, 0.15) is 31.2 Å². The Bertz CT molecular complexity index is 548. The predicted molar refractivity (Wildman–Crippen MR) is 62.8 cm³/mol. The molecule has 0 N–H and O–H groups in total. The maximum Gasteiger partial charge on any atom is 0.316 e. The minimum absolute atomic E-state index is 0.276. The first-order valence-electron chi connectivity index (χ1n) is 5.61. The third-order valence-electron chi connectivity index (χ3n) is 2.62. The van der Waals surface area contributed by atoms with Crippen molar-refractivity contribution in [1.29, 1.82) is 0 Å². The fourth-order valence-electron chi connectivity index (χ4n) is 1.68. The summed E-state index contributed by atoms with van der Waals surface area (Å²) in [5, 5.41) is 8.10. The molecule has 0 fully saturated rings. The van der Waals surface area contributed by atoms with Crippen LogP contribution >= 0.6 is 0 Å². The number of esters is 1. The Kier molecular flexibility index (Phi) is 3.08. The summed E-state index contributed by atoms with van der Waals surface area (Å²) in [6.07, 6.45) is 1.87. The SMILES string of the molecule is CCOC(=O)C(C)c1nnc2cc(C)ccn12. The number of rotatable bonds is 3. The van der Waals surface area contributed by atoms with Gasteiger partial charge in [-0.2, -0.15) is 0 Å². The van der Waals surface area contributed by atoms with Gasteiger partial charge in [0, 0.05) is 6.20 Å². The number of aromatic nitrogens is 3. The van der Waals surface area contributed by atoms with E-state index in [1.54, 1.807) is 13.8 Å². The molecule has 0 aromatic carbocycles. The van der Waals surface area contributed by atoms with Crippen LogP contribution in [0.25, 0.3) is 5.65 Å². The second-order valence-corrected chi connectivity index (χ2v) is 3.96. The fraction of sp³-hybridized carbons (Fsp3) is 0.417. The van der Waals surface area contributed by atoms with E-state index < -0.39 is 5.92 Å². The molecule has 0 aliphatic heterocycles. The number of carbonyl (C=O) groups excluding carboxylic acids is 1. The van der Waals surface area contributed by atoms with Crippen LogP contribution in [0.15, 0.2) is 18.3 Å². The molecule has 1 atom stereocenters. The average Bonchev–Trinajstić information content (AvgIpc) is 2.71. The van der Waals surface area contributed by atoms with E-state index in [-0.39, 0.29) is 5.97 Å². The Balaban J connectivity index is 2.39. The monoisotopic (exact) mass is 233 g/mol. The highest BCUT2D eigenvalue weighted by Gasteiger charge is 2.21. The lowest BCUT2D eigenvalue weighted by molar-refractivity contribution is -0.144. The van der Waals surface area contributed by atoms with Crippen LogP contribution in [0.4, 0.5) is 0 Å². The molecule has 0 amide bonds. The third-order valence-corrected chi connectivity index (χ3v) is 2.62. The number of hydrogen-bond acceptors (Lipinski definition) is 4. The van der Waals surface area contributed by atoms with Gasteiger partial charge in [-0.1, -0.05) is 0 Å². The number of hydrogen-bond donors (Lipinski definition) is 0. The summed E-state index contributed by atoms with van der Waals surface area (Å²) in [7, 11) is 0. The van der Waals surface area contributed by atoms with Crippen molar-refractivity contribution in [2.45, 2.75) is 26.7 Å².